The molecule has 7 heteroatoms. The number of benzene rings is 2. The van der Waals surface area contributed by atoms with E-state index in [1.54, 1.807) is 27.0 Å². The quantitative estimate of drug-likeness (QED) is 0.650. The van der Waals surface area contributed by atoms with Crippen LogP contribution < -0.4 is 20.1 Å². The highest BCUT2D eigenvalue weighted by Crippen LogP contribution is 2.31. The summed E-state index contributed by atoms with van der Waals surface area (Å²) in [6.07, 6.45) is 0. The maximum Gasteiger partial charge on any atom is 0.247 e. The van der Waals surface area contributed by atoms with Gasteiger partial charge in [0.1, 0.15) is 17.6 Å². The molecular weight excluding hydrogens is 346 g/mol. The molecule has 1 amide bonds. The van der Waals surface area contributed by atoms with Crippen molar-refractivity contribution in [3.63, 3.8) is 0 Å². The van der Waals surface area contributed by atoms with Crippen molar-refractivity contribution >= 4 is 17.4 Å². The molecule has 1 unspecified atom stereocenters. The number of nitrogens with one attached hydrogen (secondary N) is 2. The van der Waals surface area contributed by atoms with Crippen molar-refractivity contribution < 1.29 is 18.8 Å². The zero-order valence-electron chi connectivity index (χ0n) is 15.4. The summed E-state index contributed by atoms with van der Waals surface area (Å²) < 4.78 is 16.0. The molecule has 1 atom stereocenters. The van der Waals surface area contributed by atoms with E-state index in [4.69, 9.17) is 14.0 Å². The highest BCUT2D eigenvalue weighted by atomic mass is 16.5. The van der Waals surface area contributed by atoms with Crippen LogP contribution in [0, 0.1) is 6.92 Å². The SMILES string of the molecule is COc1ccccc1Oc1ccc(NC(C)C(=O)Nc2cc(C)on2)cc1. The molecule has 7 nitrogen and oxygen atoms in total. The molecular formula is C20H21N3O4. The Morgan fingerprint density at radius 1 is 1.11 bits per heavy atom. The van der Waals surface area contributed by atoms with Gasteiger partial charge in [0, 0.05) is 11.8 Å². The Morgan fingerprint density at radius 2 is 1.81 bits per heavy atom. The Morgan fingerprint density at radius 3 is 2.44 bits per heavy atom. The first-order chi connectivity index (χ1) is 13.0. The van der Waals surface area contributed by atoms with Crippen molar-refractivity contribution in [1.29, 1.82) is 0 Å². The molecule has 0 saturated carbocycles. The zero-order valence-corrected chi connectivity index (χ0v) is 15.4. The second-order valence-electron chi connectivity index (χ2n) is 5.96. The van der Waals surface area contributed by atoms with E-state index in [0.717, 1.165) is 5.69 Å². The lowest BCUT2D eigenvalue weighted by Gasteiger charge is -2.15. The van der Waals surface area contributed by atoms with Crippen LogP contribution in [0.3, 0.4) is 0 Å². The largest absolute Gasteiger partial charge is 0.493 e. The summed E-state index contributed by atoms with van der Waals surface area (Å²) in [5.41, 5.74) is 0.793. The Kier molecular flexibility index (Phi) is 5.61. The molecule has 0 radical (unpaired) electrons. The molecule has 140 valence electrons. The number of nitrogens with zero attached hydrogens (tertiary/aromatic N) is 1. The maximum absolute atomic E-state index is 12.2. The van der Waals surface area contributed by atoms with Gasteiger partial charge >= 0.3 is 0 Å². The molecule has 3 rings (SSSR count). The van der Waals surface area contributed by atoms with Gasteiger partial charge < -0.3 is 24.6 Å². The van der Waals surface area contributed by atoms with Crippen molar-refractivity contribution in [2.75, 3.05) is 17.7 Å². The summed E-state index contributed by atoms with van der Waals surface area (Å²) >= 11 is 0. The number of carbonyl (C=O) groups excluding carboxylic acids is 1. The monoisotopic (exact) mass is 367 g/mol. The molecule has 1 aromatic heterocycles. The summed E-state index contributed by atoms with van der Waals surface area (Å²) in [5.74, 6) is 2.78. The molecule has 0 spiro atoms. The maximum atomic E-state index is 12.2. The van der Waals surface area contributed by atoms with E-state index >= 15 is 0 Å². The number of rotatable bonds is 7. The smallest absolute Gasteiger partial charge is 0.247 e. The summed E-state index contributed by atoms with van der Waals surface area (Å²) in [6, 6.07) is 16.0. The fourth-order valence-electron chi connectivity index (χ4n) is 2.42. The van der Waals surface area contributed by atoms with Gasteiger partial charge in [-0.05, 0) is 50.2 Å². The Labute approximate surface area is 157 Å². The topological polar surface area (TPSA) is 85.6 Å². The summed E-state index contributed by atoms with van der Waals surface area (Å²) in [7, 11) is 1.60. The van der Waals surface area contributed by atoms with E-state index in [-0.39, 0.29) is 5.91 Å². The van der Waals surface area contributed by atoms with E-state index in [2.05, 4.69) is 15.8 Å². The Hall–Kier alpha value is -3.48. The zero-order chi connectivity index (χ0) is 19.2. The number of methoxy groups -OCH3 is 1. The molecule has 1 heterocycles. The van der Waals surface area contributed by atoms with E-state index in [1.807, 2.05) is 48.5 Å². The lowest BCUT2D eigenvalue weighted by molar-refractivity contribution is -0.116. The van der Waals surface area contributed by atoms with Gasteiger partial charge in [-0.3, -0.25) is 4.79 Å². The van der Waals surface area contributed by atoms with Gasteiger partial charge in [-0.15, -0.1) is 0 Å². The van der Waals surface area contributed by atoms with Crippen molar-refractivity contribution in [2.24, 2.45) is 0 Å². The lowest BCUT2D eigenvalue weighted by atomic mass is 10.2. The van der Waals surface area contributed by atoms with Crippen LogP contribution in [0.4, 0.5) is 11.5 Å². The molecule has 0 saturated heterocycles. The number of carbonyl (C=O) groups is 1. The van der Waals surface area contributed by atoms with E-state index in [9.17, 15) is 4.79 Å². The average molecular weight is 367 g/mol. The number of hydrogen-bond donors (Lipinski definition) is 2. The van der Waals surface area contributed by atoms with Gasteiger partial charge in [0.2, 0.25) is 5.91 Å². The molecule has 0 fully saturated rings. The minimum absolute atomic E-state index is 0.211. The van der Waals surface area contributed by atoms with Crippen molar-refractivity contribution in [2.45, 2.75) is 19.9 Å². The molecule has 0 aliphatic heterocycles. The Bertz CT molecular complexity index is 906. The van der Waals surface area contributed by atoms with Crippen LogP contribution in [0.2, 0.25) is 0 Å². The number of amides is 1. The van der Waals surface area contributed by atoms with Crippen molar-refractivity contribution in [1.82, 2.24) is 5.16 Å². The van der Waals surface area contributed by atoms with Gasteiger partial charge in [0.05, 0.1) is 7.11 Å². The van der Waals surface area contributed by atoms with Crippen LogP contribution in [0.25, 0.3) is 0 Å². The fraction of sp³-hybridized carbons (Fsp3) is 0.200. The van der Waals surface area contributed by atoms with Gasteiger partial charge in [0.25, 0.3) is 0 Å². The van der Waals surface area contributed by atoms with E-state index in [0.29, 0.717) is 28.8 Å². The highest BCUT2D eigenvalue weighted by molar-refractivity contribution is 5.95. The minimum Gasteiger partial charge on any atom is -0.493 e. The number of para-hydroxylation sites is 2. The second kappa shape index (κ2) is 8.27. The third kappa shape index (κ3) is 4.78. The summed E-state index contributed by atoms with van der Waals surface area (Å²) in [4.78, 5) is 12.2. The van der Waals surface area contributed by atoms with Gasteiger partial charge in [-0.25, -0.2) is 0 Å². The first kappa shape index (κ1) is 18.3. The predicted octanol–water partition coefficient (Wildman–Crippen LogP) is 4.22. The fourth-order valence-corrected chi connectivity index (χ4v) is 2.42. The average Bonchev–Trinajstić information content (AvgIpc) is 3.08. The number of ether oxygens (including phenoxy) is 2. The molecule has 27 heavy (non-hydrogen) atoms. The molecule has 3 aromatic rings. The Balaban J connectivity index is 1.59. The van der Waals surface area contributed by atoms with Crippen molar-refractivity contribution in [3.8, 4) is 17.2 Å². The molecule has 2 N–H and O–H groups in total. The predicted molar refractivity (Wildman–Crippen MR) is 102 cm³/mol. The standard InChI is InChI=1S/C20H21N3O4/c1-13-12-19(23-27-13)22-20(24)14(2)21-15-8-10-16(11-9-15)26-18-7-5-4-6-17(18)25-3/h4-12,14,21H,1-3H3,(H,22,23,24). The normalized spacial score (nSPS) is 11.5. The molecule has 0 bridgehead atoms. The van der Waals surface area contributed by atoms with Crippen molar-refractivity contribution in [3.05, 3.63) is 60.4 Å². The van der Waals surface area contributed by atoms with Crippen LogP contribution in [0.5, 0.6) is 17.2 Å². The van der Waals surface area contributed by atoms with E-state index in [1.165, 1.54) is 0 Å². The van der Waals surface area contributed by atoms with Gasteiger partial charge in [-0.2, -0.15) is 0 Å². The summed E-state index contributed by atoms with van der Waals surface area (Å²) in [6.45, 7) is 3.53. The molecule has 0 aliphatic carbocycles. The van der Waals surface area contributed by atoms with E-state index < -0.39 is 6.04 Å². The third-order valence-corrected chi connectivity index (χ3v) is 3.81. The first-order valence-corrected chi connectivity index (χ1v) is 8.47. The van der Waals surface area contributed by atoms with Crippen LogP contribution in [0.15, 0.2) is 59.1 Å². The number of aromatic nitrogens is 1. The van der Waals surface area contributed by atoms with Crippen LogP contribution >= 0.6 is 0 Å². The first-order valence-electron chi connectivity index (χ1n) is 8.47. The van der Waals surface area contributed by atoms with Crippen LogP contribution in [-0.2, 0) is 4.79 Å². The minimum atomic E-state index is -0.456. The van der Waals surface area contributed by atoms with Crippen LogP contribution in [0.1, 0.15) is 12.7 Å². The van der Waals surface area contributed by atoms with Crippen LogP contribution in [-0.4, -0.2) is 24.2 Å². The van der Waals surface area contributed by atoms with Gasteiger partial charge in [0.15, 0.2) is 17.3 Å². The number of aryl methyl sites for hydroxylation is 1. The highest BCUT2D eigenvalue weighted by Gasteiger charge is 2.14. The third-order valence-electron chi connectivity index (χ3n) is 3.81. The molecule has 2 aromatic carbocycles. The van der Waals surface area contributed by atoms with Gasteiger partial charge in [-0.1, -0.05) is 17.3 Å². The molecule has 0 aliphatic rings. The lowest BCUT2D eigenvalue weighted by Crippen LogP contribution is -2.31. The second-order valence-corrected chi connectivity index (χ2v) is 5.96. The summed E-state index contributed by atoms with van der Waals surface area (Å²) in [5, 5.41) is 9.58. The number of anilines is 2. The number of hydrogen-bond acceptors (Lipinski definition) is 6.